The second-order valence-electron chi connectivity index (χ2n) is 5.27. The summed E-state index contributed by atoms with van der Waals surface area (Å²) < 4.78 is 12.6. The van der Waals surface area contributed by atoms with E-state index in [0.717, 1.165) is 48.6 Å². The molecule has 2 heterocycles. The maximum atomic E-state index is 5.82. The molecule has 2 aliphatic heterocycles. The summed E-state index contributed by atoms with van der Waals surface area (Å²) in [5, 5.41) is 3.59. The van der Waals surface area contributed by atoms with Gasteiger partial charge in [-0.15, -0.1) is 0 Å². The van der Waals surface area contributed by atoms with Gasteiger partial charge in [-0.25, -0.2) is 0 Å². The monoisotopic (exact) mass is 325 g/mol. The molecule has 1 atom stereocenters. The van der Waals surface area contributed by atoms with E-state index in [1.807, 2.05) is 6.07 Å². The molecule has 2 aliphatic rings. The van der Waals surface area contributed by atoms with Gasteiger partial charge < -0.3 is 14.8 Å². The first kappa shape index (κ1) is 13.3. The van der Waals surface area contributed by atoms with Gasteiger partial charge in [0.2, 0.25) is 0 Å². The van der Waals surface area contributed by atoms with E-state index >= 15 is 0 Å². The van der Waals surface area contributed by atoms with E-state index in [9.17, 15) is 0 Å². The molecule has 3 rings (SSSR count). The minimum absolute atomic E-state index is 0.592. The first-order valence-electron chi connectivity index (χ1n) is 7.15. The summed E-state index contributed by atoms with van der Waals surface area (Å²) >= 11 is 3.70. The summed E-state index contributed by atoms with van der Waals surface area (Å²) in [4.78, 5) is 0. The second kappa shape index (κ2) is 6.14. The van der Waals surface area contributed by atoms with Crippen molar-refractivity contribution >= 4 is 15.9 Å². The minimum Gasteiger partial charge on any atom is -0.490 e. The third-order valence-corrected chi connectivity index (χ3v) is 4.68. The largest absolute Gasteiger partial charge is 0.490 e. The van der Waals surface area contributed by atoms with Crippen molar-refractivity contribution in [1.82, 2.24) is 5.32 Å². The predicted octanol–water partition coefficient (Wildman–Crippen LogP) is 3.30. The van der Waals surface area contributed by atoms with E-state index < -0.39 is 0 Å². The zero-order valence-electron chi connectivity index (χ0n) is 11.1. The fourth-order valence-corrected chi connectivity index (χ4v) is 3.37. The number of hydrogen-bond acceptors (Lipinski definition) is 3. The average Bonchev–Trinajstić information content (AvgIpc) is 2.69. The van der Waals surface area contributed by atoms with Crippen molar-refractivity contribution in [3.05, 3.63) is 22.2 Å². The van der Waals surface area contributed by atoms with Crippen LogP contribution in [0.15, 0.2) is 16.6 Å². The number of halogens is 1. The van der Waals surface area contributed by atoms with Gasteiger partial charge in [0, 0.05) is 12.5 Å². The maximum absolute atomic E-state index is 5.82. The van der Waals surface area contributed by atoms with Crippen LogP contribution in [-0.2, 0) is 6.42 Å². The van der Waals surface area contributed by atoms with Crippen molar-refractivity contribution in [1.29, 1.82) is 0 Å². The summed E-state index contributed by atoms with van der Waals surface area (Å²) in [5.41, 5.74) is 1.31. The Morgan fingerprint density at radius 1 is 1.16 bits per heavy atom. The van der Waals surface area contributed by atoms with Crippen LogP contribution in [-0.4, -0.2) is 25.8 Å². The number of nitrogens with one attached hydrogen (secondary N) is 1. The van der Waals surface area contributed by atoms with Crippen LogP contribution >= 0.6 is 15.9 Å². The van der Waals surface area contributed by atoms with E-state index in [2.05, 4.69) is 27.3 Å². The molecule has 0 bridgehead atoms. The Bertz CT molecular complexity index is 444. The lowest BCUT2D eigenvalue weighted by Gasteiger charge is -2.24. The lowest BCUT2D eigenvalue weighted by molar-refractivity contribution is 0.296. The van der Waals surface area contributed by atoms with Crippen LogP contribution in [0.3, 0.4) is 0 Å². The quantitative estimate of drug-likeness (QED) is 0.905. The number of ether oxygens (including phenoxy) is 2. The van der Waals surface area contributed by atoms with Crippen molar-refractivity contribution in [2.24, 2.45) is 0 Å². The third-order valence-electron chi connectivity index (χ3n) is 3.81. The molecule has 4 heteroatoms. The summed E-state index contributed by atoms with van der Waals surface area (Å²) in [6.45, 7) is 2.62. The summed E-state index contributed by atoms with van der Waals surface area (Å²) in [6, 6.07) is 4.80. The summed E-state index contributed by atoms with van der Waals surface area (Å²) in [7, 11) is 0. The lowest BCUT2D eigenvalue weighted by atomic mass is 9.97. The fraction of sp³-hybridized carbons (Fsp3) is 0.600. The zero-order chi connectivity index (χ0) is 13.1. The Hall–Kier alpha value is -0.740. The van der Waals surface area contributed by atoms with Gasteiger partial charge in [-0.3, -0.25) is 0 Å². The molecule has 0 spiro atoms. The van der Waals surface area contributed by atoms with Gasteiger partial charge in [0.25, 0.3) is 0 Å². The van der Waals surface area contributed by atoms with Crippen molar-refractivity contribution in [3.8, 4) is 11.5 Å². The SMILES string of the molecule is Brc1c(CC2CCCCN2)ccc2c1OCCCO2. The first-order chi connectivity index (χ1) is 9.34. The van der Waals surface area contributed by atoms with Gasteiger partial charge in [0.05, 0.1) is 17.7 Å². The highest BCUT2D eigenvalue weighted by atomic mass is 79.9. The van der Waals surface area contributed by atoms with Gasteiger partial charge in [0.15, 0.2) is 11.5 Å². The highest BCUT2D eigenvalue weighted by molar-refractivity contribution is 9.10. The zero-order valence-corrected chi connectivity index (χ0v) is 12.7. The standard InChI is InChI=1S/C15H20BrNO2/c16-14-11(10-12-4-1-2-7-17-12)5-6-13-15(14)19-9-3-8-18-13/h5-6,12,17H,1-4,7-10H2. The van der Waals surface area contributed by atoms with Crippen LogP contribution in [0.25, 0.3) is 0 Å². The van der Waals surface area contributed by atoms with Crippen LogP contribution < -0.4 is 14.8 Å². The van der Waals surface area contributed by atoms with Crippen molar-refractivity contribution in [2.75, 3.05) is 19.8 Å². The second-order valence-corrected chi connectivity index (χ2v) is 6.06. The van der Waals surface area contributed by atoms with Gasteiger partial charge in [-0.05, 0) is 53.4 Å². The molecule has 0 aromatic heterocycles. The lowest BCUT2D eigenvalue weighted by Crippen LogP contribution is -2.35. The molecule has 1 fully saturated rings. The molecule has 1 unspecified atom stereocenters. The van der Waals surface area contributed by atoms with E-state index in [1.54, 1.807) is 0 Å². The normalized spacial score (nSPS) is 22.9. The molecule has 0 saturated carbocycles. The van der Waals surface area contributed by atoms with Crippen LogP contribution in [0.1, 0.15) is 31.2 Å². The molecule has 0 aliphatic carbocycles. The molecule has 0 amide bonds. The van der Waals surface area contributed by atoms with Crippen molar-refractivity contribution in [3.63, 3.8) is 0 Å². The topological polar surface area (TPSA) is 30.5 Å². The average molecular weight is 326 g/mol. The Morgan fingerprint density at radius 3 is 2.89 bits per heavy atom. The number of hydrogen-bond donors (Lipinski definition) is 1. The molecule has 1 aromatic rings. The van der Waals surface area contributed by atoms with Crippen LogP contribution in [0.4, 0.5) is 0 Å². The van der Waals surface area contributed by atoms with Crippen LogP contribution in [0, 0.1) is 0 Å². The Labute approximate surface area is 122 Å². The smallest absolute Gasteiger partial charge is 0.175 e. The Balaban J connectivity index is 1.80. The van der Waals surface area contributed by atoms with Crippen molar-refractivity contribution in [2.45, 2.75) is 38.1 Å². The van der Waals surface area contributed by atoms with Gasteiger partial charge >= 0.3 is 0 Å². The van der Waals surface area contributed by atoms with E-state index in [0.29, 0.717) is 6.04 Å². The number of fused-ring (bicyclic) bond motifs is 1. The van der Waals surface area contributed by atoms with E-state index in [4.69, 9.17) is 9.47 Å². The number of rotatable bonds is 2. The van der Waals surface area contributed by atoms with Gasteiger partial charge in [0.1, 0.15) is 0 Å². The summed E-state index contributed by atoms with van der Waals surface area (Å²) in [6.07, 6.45) is 5.90. The highest BCUT2D eigenvalue weighted by Gasteiger charge is 2.19. The molecule has 3 nitrogen and oxygen atoms in total. The Kier molecular flexibility index (Phi) is 4.28. The van der Waals surface area contributed by atoms with Crippen molar-refractivity contribution < 1.29 is 9.47 Å². The van der Waals surface area contributed by atoms with Gasteiger partial charge in [-0.1, -0.05) is 12.5 Å². The van der Waals surface area contributed by atoms with Crippen LogP contribution in [0.2, 0.25) is 0 Å². The molecular weight excluding hydrogens is 306 g/mol. The predicted molar refractivity (Wildman–Crippen MR) is 79.1 cm³/mol. The molecule has 1 aromatic carbocycles. The molecular formula is C15H20BrNO2. The first-order valence-corrected chi connectivity index (χ1v) is 7.94. The third kappa shape index (κ3) is 3.06. The van der Waals surface area contributed by atoms with E-state index in [1.165, 1.54) is 24.8 Å². The summed E-state index contributed by atoms with van der Waals surface area (Å²) in [5.74, 6) is 1.75. The minimum atomic E-state index is 0.592. The number of piperidine rings is 1. The Morgan fingerprint density at radius 2 is 2.05 bits per heavy atom. The number of benzene rings is 1. The highest BCUT2D eigenvalue weighted by Crippen LogP contribution is 2.39. The molecule has 0 radical (unpaired) electrons. The molecule has 1 saturated heterocycles. The molecule has 1 N–H and O–H groups in total. The fourth-order valence-electron chi connectivity index (χ4n) is 2.76. The van der Waals surface area contributed by atoms with E-state index in [-0.39, 0.29) is 0 Å². The van der Waals surface area contributed by atoms with Crippen LogP contribution in [0.5, 0.6) is 11.5 Å². The molecule has 104 valence electrons. The molecule has 19 heavy (non-hydrogen) atoms. The maximum Gasteiger partial charge on any atom is 0.175 e. The van der Waals surface area contributed by atoms with Gasteiger partial charge in [-0.2, -0.15) is 0 Å².